The first-order chi connectivity index (χ1) is 12.7. The second-order valence-electron chi connectivity index (χ2n) is 6.43. The maximum absolute atomic E-state index is 12.3. The number of aromatic nitrogens is 1. The fourth-order valence-electron chi connectivity index (χ4n) is 3.54. The Morgan fingerprint density at radius 2 is 1.88 bits per heavy atom. The molecular formula is C20H21N3O3. The van der Waals surface area contributed by atoms with Crippen LogP contribution in [0.1, 0.15) is 11.3 Å². The summed E-state index contributed by atoms with van der Waals surface area (Å²) in [7, 11) is 3.27. The van der Waals surface area contributed by atoms with Crippen LogP contribution in [0, 0.1) is 0 Å². The molecule has 2 amide bonds. The van der Waals surface area contributed by atoms with Crippen LogP contribution in [0.25, 0.3) is 10.9 Å². The highest BCUT2D eigenvalue weighted by Crippen LogP contribution is 2.32. The highest BCUT2D eigenvalue weighted by Gasteiger charge is 2.26. The molecule has 2 aromatic carbocycles. The van der Waals surface area contributed by atoms with Crippen LogP contribution in [0.4, 0.5) is 10.5 Å². The van der Waals surface area contributed by atoms with E-state index in [1.807, 2.05) is 36.4 Å². The SMILES string of the molecule is COc1cccc(NC(=O)NC2Cc3[nH]c4ccc(OC)cc4c3C2)c1. The van der Waals surface area contributed by atoms with Gasteiger partial charge in [0.05, 0.1) is 14.2 Å². The van der Waals surface area contributed by atoms with Gasteiger partial charge in [-0.2, -0.15) is 0 Å². The van der Waals surface area contributed by atoms with Crippen molar-refractivity contribution in [2.75, 3.05) is 19.5 Å². The highest BCUT2D eigenvalue weighted by molar-refractivity contribution is 5.90. The second kappa shape index (κ2) is 6.63. The Labute approximate surface area is 151 Å². The Morgan fingerprint density at radius 3 is 2.69 bits per heavy atom. The van der Waals surface area contributed by atoms with Gasteiger partial charge < -0.3 is 25.1 Å². The molecular weight excluding hydrogens is 330 g/mol. The van der Waals surface area contributed by atoms with Gasteiger partial charge in [-0.3, -0.25) is 0 Å². The fourth-order valence-corrected chi connectivity index (χ4v) is 3.54. The summed E-state index contributed by atoms with van der Waals surface area (Å²) in [5.41, 5.74) is 4.24. The van der Waals surface area contributed by atoms with Crippen LogP contribution in [0.2, 0.25) is 0 Å². The molecule has 1 aromatic heterocycles. The van der Waals surface area contributed by atoms with Crippen LogP contribution in [0.15, 0.2) is 42.5 Å². The molecule has 6 nitrogen and oxygen atoms in total. The second-order valence-corrected chi connectivity index (χ2v) is 6.43. The molecule has 1 aliphatic rings. The first kappa shape index (κ1) is 16.3. The van der Waals surface area contributed by atoms with E-state index in [0.29, 0.717) is 11.4 Å². The molecule has 26 heavy (non-hydrogen) atoms. The number of H-pyrrole nitrogens is 1. The average molecular weight is 351 g/mol. The smallest absolute Gasteiger partial charge is 0.319 e. The number of carbonyl (C=O) groups is 1. The third-order valence-corrected chi connectivity index (χ3v) is 4.77. The molecule has 0 saturated heterocycles. The lowest BCUT2D eigenvalue weighted by Crippen LogP contribution is -2.38. The van der Waals surface area contributed by atoms with E-state index in [-0.39, 0.29) is 12.1 Å². The van der Waals surface area contributed by atoms with Crippen LogP contribution in [-0.4, -0.2) is 31.3 Å². The molecule has 6 heteroatoms. The number of anilines is 1. The molecule has 1 aliphatic carbocycles. The molecule has 134 valence electrons. The maximum atomic E-state index is 12.3. The lowest BCUT2D eigenvalue weighted by atomic mass is 10.1. The maximum Gasteiger partial charge on any atom is 0.319 e. The van der Waals surface area contributed by atoms with E-state index in [1.165, 1.54) is 11.3 Å². The number of amides is 2. The third-order valence-electron chi connectivity index (χ3n) is 4.77. The number of rotatable bonds is 4. The number of carbonyl (C=O) groups excluding carboxylic acids is 1. The molecule has 1 unspecified atom stereocenters. The summed E-state index contributed by atoms with van der Waals surface area (Å²) >= 11 is 0. The van der Waals surface area contributed by atoms with Crippen molar-refractivity contribution in [2.24, 2.45) is 0 Å². The summed E-state index contributed by atoms with van der Waals surface area (Å²) in [6.07, 6.45) is 1.59. The van der Waals surface area contributed by atoms with E-state index in [9.17, 15) is 4.79 Å². The monoisotopic (exact) mass is 351 g/mol. The number of ether oxygens (including phenoxy) is 2. The lowest BCUT2D eigenvalue weighted by molar-refractivity contribution is 0.249. The minimum atomic E-state index is -0.213. The molecule has 0 saturated carbocycles. The van der Waals surface area contributed by atoms with Crippen LogP contribution < -0.4 is 20.1 Å². The van der Waals surface area contributed by atoms with E-state index >= 15 is 0 Å². The summed E-state index contributed by atoms with van der Waals surface area (Å²) in [6.45, 7) is 0. The standard InChI is InChI=1S/C20H21N3O3/c1-25-14-5-3-4-12(8-14)21-20(24)22-13-9-16-17-11-15(26-2)6-7-18(17)23-19(16)10-13/h3-8,11,13,23H,9-10H2,1-2H3,(H2,21,22,24). The minimum absolute atomic E-state index is 0.0671. The number of benzene rings is 2. The van der Waals surface area contributed by atoms with E-state index in [4.69, 9.17) is 9.47 Å². The van der Waals surface area contributed by atoms with Gasteiger partial charge in [-0.25, -0.2) is 4.79 Å². The lowest BCUT2D eigenvalue weighted by Gasteiger charge is -2.14. The van der Waals surface area contributed by atoms with Crippen molar-refractivity contribution >= 4 is 22.6 Å². The van der Waals surface area contributed by atoms with Crippen molar-refractivity contribution < 1.29 is 14.3 Å². The number of urea groups is 1. The fraction of sp³-hybridized carbons (Fsp3) is 0.250. The molecule has 0 fully saturated rings. The number of hydrogen-bond donors (Lipinski definition) is 3. The number of hydrogen-bond acceptors (Lipinski definition) is 3. The molecule has 0 spiro atoms. The first-order valence-electron chi connectivity index (χ1n) is 8.55. The van der Waals surface area contributed by atoms with Gasteiger partial charge in [0.15, 0.2) is 0 Å². The van der Waals surface area contributed by atoms with Gasteiger partial charge >= 0.3 is 6.03 Å². The molecule has 0 radical (unpaired) electrons. The summed E-state index contributed by atoms with van der Waals surface area (Å²) in [6, 6.07) is 13.2. The van der Waals surface area contributed by atoms with Crippen molar-refractivity contribution in [1.82, 2.24) is 10.3 Å². The van der Waals surface area contributed by atoms with E-state index in [2.05, 4.69) is 15.6 Å². The van der Waals surface area contributed by atoms with E-state index in [1.54, 1.807) is 20.3 Å². The Hall–Kier alpha value is -3.15. The predicted molar refractivity (Wildman–Crippen MR) is 101 cm³/mol. The first-order valence-corrected chi connectivity index (χ1v) is 8.55. The predicted octanol–water partition coefficient (Wildman–Crippen LogP) is 3.47. The summed E-state index contributed by atoms with van der Waals surface area (Å²) in [4.78, 5) is 15.8. The van der Waals surface area contributed by atoms with Gasteiger partial charge in [0.25, 0.3) is 0 Å². The van der Waals surface area contributed by atoms with Crippen molar-refractivity contribution in [3.63, 3.8) is 0 Å². The van der Waals surface area contributed by atoms with Crippen LogP contribution in [-0.2, 0) is 12.8 Å². The van der Waals surface area contributed by atoms with Crippen molar-refractivity contribution in [2.45, 2.75) is 18.9 Å². The zero-order chi connectivity index (χ0) is 18.1. The number of fused-ring (bicyclic) bond motifs is 3. The molecule has 0 bridgehead atoms. The number of methoxy groups -OCH3 is 2. The largest absolute Gasteiger partial charge is 0.497 e. The normalized spacial score (nSPS) is 15.5. The Balaban J connectivity index is 1.44. The summed E-state index contributed by atoms with van der Waals surface area (Å²) < 4.78 is 10.5. The Morgan fingerprint density at radius 1 is 1.08 bits per heavy atom. The van der Waals surface area contributed by atoms with Gasteiger partial charge in [0.2, 0.25) is 0 Å². The molecule has 1 heterocycles. The van der Waals surface area contributed by atoms with Crippen LogP contribution in [0.5, 0.6) is 11.5 Å². The van der Waals surface area contributed by atoms with Gasteiger partial charge in [-0.1, -0.05) is 6.07 Å². The Kier molecular flexibility index (Phi) is 4.16. The quantitative estimate of drug-likeness (QED) is 0.674. The van der Waals surface area contributed by atoms with Gasteiger partial charge in [-0.15, -0.1) is 0 Å². The van der Waals surface area contributed by atoms with E-state index in [0.717, 1.165) is 29.5 Å². The topological polar surface area (TPSA) is 75.4 Å². The van der Waals surface area contributed by atoms with Crippen molar-refractivity contribution in [3.05, 3.63) is 53.7 Å². The number of aromatic amines is 1. The highest BCUT2D eigenvalue weighted by atomic mass is 16.5. The Bertz CT molecular complexity index is 964. The zero-order valence-corrected chi connectivity index (χ0v) is 14.8. The molecule has 1 atom stereocenters. The number of nitrogens with one attached hydrogen (secondary N) is 3. The average Bonchev–Trinajstić information content (AvgIpc) is 3.18. The van der Waals surface area contributed by atoms with Crippen LogP contribution >= 0.6 is 0 Å². The van der Waals surface area contributed by atoms with E-state index < -0.39 is 0 Å². The summed E-state index contributed by atoms with van der Waals surface area (Å²) in [5.74, 6) is 1.55. The van der Waals surface area contributed by atoms with Gasteiger partial charge in [0, 0.05) is 40.8 Å². The third kappa shape index (κ3) is 3.06. The molecule has 3 aromatic rings. The van der Waals surface area contributed by atoms with Gasteiger partial charge in [0.1, 0.15) is 11.5 Å². The van der Waals surface area contributed by atoms with Crippen LogP contribution in [0.3, 0.4) is 0 Å². The van der Waals surface area contributed by atoms with Crippen molar-refractivity contribution in [1.29, 1.82) is 0 Å². The molecule has 4 rings (SSSR count). The zero-order valence-electron chi connectivity index (χ0n) is 14.8. The summed E-state index contributed by atoms with van der Waals surface area (Å²) in [5, 5.41) is 7.07. The minimum Gasteiger partial charge on any atom is -0.497 e. The molecule has 3 N–H and O–H groups in total. The van der Waals surface area contributed by atoms with Gasteiger partial charge in [-0.05, 0) is 42.3 Å². The molecule has 0 aliphatic heterocycles. The van der Waals surface area contributed by atoms with Crippen molar-refractivity contribution in [3.8, 4) is 11.5 Å².